The fraction of sp³-hybridized carbons (Fsp3) is 0.115. The number of aromatic nitrogens is 1. The summed E-state index contributed by atoms with van der Waals surface area (Å²) in [7, 11) is 1.46. The normalized spacial score (nSPS) is 12.4. The van der Waals surface area contributed by atoms with Gasteiger partial charge in [-0.25, -0.2) is 0 Å². The van der Waals surface area contributed by atoms with Crippen molar-refractivity contribution >= 4 is 28.8 Å². The van der Waals surface area contributed by atoms with Crippen LogP contribution >= 0.6 is 11.3 Å². The molecule has 4 aromatic rings. The summed E-state index contributed by atoms with van der Waals surface area (Å²) in [4.78, 5) is 27.0. The molecule has 0 bridgehead atoms. The largest absolute Gasteiger partial charge is 0.496 e. The molecule has 0 unspecified atom stereocenters. The predicted molar refractivity (Wildman–Crippen MR) is 127 cm³/mol. The minimum atomic E-state index is -0.514. The van der Waals surface area contributed by atoms with Gasteiger partial charge in [0.2, 0.25) is 5.78 Å². The van der Waals surface area contributed by atoms with E-state index < -0.39 is 5.78 Å². The summed E-state index contributed by atoms with van der Waals surface area (Å²) in [6.45, 7) is 3.85. The smallest absolute Gasteiger partial charge is 0.273 e. The van der Waals surface area contributed by atoms with Crippen LogP contribution in [-0.4, -0.2) is 17.5 Å². The van der Waals surface area contributed by atoms with E-state index in [0.717, 1.165) is 22.5 Å². The minimum absolute atomic E-state index is 0.137. The summed E-state index contributed by atoms with van der Waals surface area (Å²) in [6, 6.07) is 17.8. The van der Waals surface area contributed by atoms with Crippen molar-refractivity contribution in [2.24, 2.45) is 0 Å². The maximum absolute atomic E-state index is 13.5. The molecule has 0 radical (unpaired) electrons. The molecule has 7 heteroatoms. The quantitative estimate of drug-likeness (QED) is 0.429. The molecule has 33 heavy (non-hydrogen) atoms. The molecular weight excluding hydrogens is 436 g/mol. The number of ketones is 1. The van der Waals surface area contributed by atoms with Crippen molar-refractivity contribution in [2.45, 2.75) is 13.8 Å². The number of methoxy groups -OCH3 is 1. The molecule has 0 spiro atoms. The highest BCUT2D eigenvalue weighted by atomic mass is 32.1. The van der Waals surface area contributed by atoms with Crippen LogP contribution in [0, 0.1) is 25.2 Å². The Balaban J connectivity index is 2.11. The lowest BCUT2D eigenvalue weighted by Crippen LogP contribution is -2.32. The monoisotopic (exact) mass is 456 g/mol. The molecule has 6 nitrogen and oxygen atoms in total. The number of hydrogen-bond acceptors (Lipinski definition) is 6. The van der Waals surface area contributed by atoms with Crippen LogP contribution in [0.3, 0.4) is 0 Å². The first kappa shape index (κ1) is 22.1. The standard InChI is InChI=1S/C26H20N2O4S/c1-16-8-6-11-21(17(16)2)28-25(30)23(14-18-9-7-13-32-18)33-26(28)20(15-27)24(29)19-10-4-5-12-22(19)31-3/h4-14H,1-3H3/b23-14-,26-20-. The summed E-state index contributed by atoms with van der Waals surface area (Å²) >= 11 is 1.08. The van der Waals surface area contributed by atoms with Gasteiger partial charge in [-0.2, -0.15) is 5.26 Å². The second-order valence-electron chi connectivity index (χ2n) is 7.31. The topological polar surface area (TPSA) is 85.2 Å². The SMILES string of the molecule is COc1ccccc1C(=O)/C(C#N)=c1\s/c(=C\c2ccco2)c(=O)n1-c1cccc(C)c1C. The van der Waals surface area contributed by atoms with Crippen molar-refractivity contribution in [3.05, 3.63) is 103 Å². The van der Waals surface area contributed by atoms with Gasteiger partial charge in [0.25, 0.3) is 5.56 Å². The van der Waals surface area contributed by atoms with Gasteiger partial charge in [-0.1, -0.05) is 24.3 Å². The zero-order valence-electron chi connectivity index (χ0n) is 18.3. The number of carbonyl (C=O) groups is 1. The number of hydrogen-bond donors (Lipinski definition) is 0. The van der Waals surface area contributed by atoms with E-state index in [2.05, 4.69) is 0 Å². The van der Waals surface area contributed by atoms with Gasteiger partial charge >= 0.3 is 0 Å². The molecular formula is C26H20N2O4S. The summed E-state index contributed by atoms with van der Waals surface area (Å²) in [5.74, 6) is 0.345. The Morgan fingerprint density at radius 3 is 2.61 bits per heavy atom. The van der Waals surface area contributed by atoms with E-state index in [-0.39, 0.29) is 21.4 Å². The van der Waals surface area contributed by atoms with Gasteiger partial charge < -0.3 is 9.15 Å². The molecule has 2 aromatic heterocycles. The predicted octanol–water partition coefficient (Wildman–Crippen LogP) is 3.50. The number of rotatable bonds is 5. The highest BCUT2D eigenvalue weighted by Gasteiger charge is 2.21. The number of carbonyl (C=O) groups excluding carboxylic acids is 1. The Labute approximate surface area is 193 Å². The Kier molecular flexibility index (Phi) is 6.11. The molecule has 0 aliphatic heterocycles. The average molecular weight is 457 g/mol. The highest BCUT2D eigenvalue weighted by Crippen LogP contribution is 2.21. The van der Waals surface area contributed by atoms with E-state index >= 15 is 0 Å². The summed E-state index contributed by atoms with van der Waals surface area (Å²) < 4.78 is 12.7. The molecule has 0 atom stereocenters. The zero-order chi connectivity index (χ0) is 23.5. The van der Waals surface area contributed by atoms with Crippen LogP contribution in [0.5, 0.6) is 5.75 Å². The summed E-state index contributed by atoms with van der Waals surface area (Å²) in [6.07, 6.45) is 3.13. The van der Waals surface area contributed by atoms with E-state index in [1.165, 1.54) is 17.9 Å². The molecule has 164 valence electrons. The number of aryl methyl sites for hydroxylation is 1. The number of thiazole rings is 1. The van der Waals surface area contributed by atoms with E-state index in [0.29, 0.717) is 21.7 Å². The van der Waals surface area contributed by atoms with Gasteiger partial charge in [-0.05, 0) is 55.3 Å². The molecule has 2 aromatic carbocycles. The molecule has 0 fully saturated rings. The van der Waals surface area contributed by atoms with Crippen molar-refractivity contribution in [1.82, 2.24) is 4.57 Å². The molecule has 0 amide bonds. The Hall–Kier alpha value is -4.15. The molecule has 0 saturated carbocycles. The number of para-hydroxylation sites is 1. The Morgan fingerprint density at radius 1 is 1.12 bits per heavy atom. The third kappa shape index (κ3) is 4.04. The number of furan rings is 1. The van der Waals surface area contributed by atoms with Crippen LogP contribution in [0.4, 0.5) is 0 Å². The highest BCUT2D eigenvalue weighted by molar-refractivity contribution is 7.07. The van der Waals surface area contributed by atoms with Gasteiger partial charge in [-0.3, -0.25) is 14.2 Å². The van der Waals surface area contributed by atoms with Gasteiger partial charge in [0, 0.05) is 6.08 Å². The first-order valence-corrected chi connectivity index (χ1v) is 10.9. The lowest BCUT2D eigenvalue weighted by molar-refractivity contribution is 0.105. The van der Waals surface area contributed by atoms with Crippen molar-refractivity contribution in [2.75, 3.05) is 7.11 Å². The van der Waals surface area contributed by atoms with E-state index in [1.807, 2.05) is 32.0 Å². The molecule has 0 saturated heterocycles. The average Bonchev–Trinajstić information content (AvgIpc) is 3.45. The van der Waals surface area contributed by atoms with Crippen molar-refractivity contribution in [3.8, 4) is 17.5 Å². The van der Waals surface area contributed by atoms with Crippen LogP contribution in [0.2, 0.25) is 0 Å². The van der Waals surface area contributed by atoms with E-state index in [9.17, 15) is 14.9 Å². The van der Waals surface area contributed by atoms with Crippen molar-refractivity contribution in [1.29, 1.82) is 5.26 Å². The number of nitriles is 1. The van der Waals surface area contributed by atoms with E-state index in [4.69, 9.17) is 9.15 Å². The third-order valence-electron chi connectivity index (χ3n) is 5.36. The van der Waals surface area contributed by atoms with Crippen molar-refractivity contribution in [3.63, 3.8) is 0 Å². The van der Waals surface area contributed by atoms with Gasteiger partial charge in [0.1, 0.15) is 27.8 Å². The number of nitrogens with zero attached hydrogens (tertiary/aromatic N) is 2. The second kappa shape index (κ2) is 9.15. The number of benzene rings is 2. The molecule has 0 N–H and O–H groups in total. The minimum Gasteiger partial charge on any atom is -0.496 e. The molecule has 4 rings (SSSR count). The van der Waals surface area contributed by atoms with Gasteiger partial charge in [0.15, 0.2) is 0 Å². The number of ether oxygens (including phenoxy) is 1. The lowest BCUT2D eigenvalue weighted by Gasteiger charge is -2.10. The third-order valence-corrected chi connectivity index (χ3v) is 6.45. The van der Waals surface area contributed by atoms with Crippen LogP contribution in [0.1, 0.15) is 27.2 Å². The lowest BCUT2D eigenvalue weighted by atomic mass is 10.0. The zero-order valence-corrected chi connectivity index (χ0v) is 19.1. The van der Waals surface area contributed by atoms with Crippen LogP contribution < -0.4 is 19.5 Å². The fourth-order valence-electron chi connectivity index (χ4n) is 3.51. The molecule has 0 aliphatic carbocycles. The van der Waals surface area contributed by atoms with Gasteiger partial charge in [0.05, 0.1) is 29.2 Å². The second-order valence-corrected chi connectivity index (χ2v) is 8.34. The van der Waals surface area contributed by atoms with Crippen LogP contribution in [0.25, 0.3) is 17.3 Å². The molecule has 2 heterocycles. The fourth-order valence-corrected chi connectivity index (χ4v) is 4.59. The first-order valence-electron chi connectivity index (χ1n) is 10.1. The summed E-state index contributed by atoms with van der Waals surface area (Å²) in [5.41, 5.74) is 2.27. The van der Waals surface area contributed by atoms with Crippen molar-refractivity contribution < 1.29 is 13.9 Å². The Bertz CT molecular complexity index is 1570. The van der Waals surface area contributed by atoms with Crippen LogP contribution in [0.15, 0.2) is 70.1 Å². The maximum atomic E-state index is 13.5. The maximum Gasteiger partial charge on any atom is 0.273 e. The van der Waals surface area contributed by atoms with E-state index in [1.54, 1.807) is 48.5 Å². The Morgan fingerprint density at radius 2 is 1.91 bits per heavy atom. The number of Topliss-reactive ketones (excluding diaryl/α,β-unsaturated/α-hetero) is 1. The first-order chi connectivity index (χ1) is 16.0. The van der Waals surface area contributed by atoms with Gasteiger partial charge in [-0.15, -0.1) is 11.3 Å². The van der Waals surface area contributed by atoms with Crippen LogP contribution in [-0.2, 0) is 0 Å². The molecule has 0 aliphatic rings. The summed E-state index contributed by atoms with van der Waals surface area (Å²) in [5, 5.41) is 10.0.